The predicted molar refractivity (Wildman–Crippen MR) is 142 cm³/mol. The summed E-state index contributed by atoms with van der Waals surface area (Å²) >= 11 is 0. The highest BCUT2D eigenvalue weighted by atomic mass is 16.5. The van der Waals surface area contributed by atoms with Crippen LogP contribution in [0.3, 0.4) is 0 Å². The van der Waals surface area contributed by atoms with E-state index >= 15 is 0 Å². The third-order valence-corrected chi connectivity index (χ3v) is 6.29. The molecule has 2 aromatic heterocycles. The maximum absolute atomic E-state index is 12.0. The number of hydrogen-bond donors (Lipinski definition) is 4. The lowest BCUT2D eigenvalue weighted by atomic mass is 10.0. The molecule has 0 saturated carbocycles. The SMILES string of the molecule is CNC(=O)c1ccc(-c2c[nH]c3nc(Nc4ccc(C(=O)NC)cc4OC)nc(O[C@H]4CCOC4)c23)cc1. The van der Waals surface area contributed by atoms with Gasteiger partial charge >= 0.3 is 0 Å². The van der Waals surface area contributed by atoms with Gasteiger partial charge in [0.15, 0.2) is 0 Å². The van der Waals surface area contributed by atoms with Crippen LogP contribution in [0.5, 0.6) is 11.6 Å². The molecule has 11 nitrogen and oxygen atoms in total. The molecule has 5 rings (SSSR count). The van der Waals surface area contributed by atoms with Crippen LogP contribution in [-0.4, -0.2) is 67.3 Å². The maximum Gasteiger partial charge on any atom is 0.251 e. The summed E-state index contributed by atoms with van der Waals surface area (Å²) in [5.41, 5.74) is 3.92. The lowest BCUT2D eigenvalue weighted by Crippen LogP contribution is -2.18. The predicted octanol–water partition coefficient (Wildman–Crippen LogP) is 3.26. The first-order valence-electron chi connectivity index (χ1n) is 12.1. The molecule has 2 amide bonds. The number of ether oxygens (including phenoxy) is 3. The summed E-state index contributed by atoms with van der Waals surface area (Å²) in [4.78, 5) is 36.6. The van der Waals surface area contributed by atoms with Crippen LogP contribution in [-0.2, 0) is 4.74 Å². The first-order valence-corrected chi connectivity index (χ1v) is 12.1. The molecule has 0 unspecified atom stereocenters. The Labute approximate surface area is 218 Å². The van der Waals surface area contributed by atoms with Crippen molar-refractivity contribution in [3.8, 4) is 22.8 Å². The van der Waals surface area contributed by atoms with Gasteiger partial charge in [0, 0.05) is 43.4 Å². The number of carbonyl (C=O) groups is 2. The summed E-state index contributed by atoms with van der Waals surface area (Å²) in [6, 6.07) is 12.3. The third kappa shape index (κ3) is 4.96. The Kier molecular flexibility index (Phi) is 7.09. The van der Waals surface area contributed by atoms with E-state index < -0.39 is 0 Å². The number of hydrogen-bond acceptors (Lipinski definition) is 8. The van der Waals surface area contributed by atoms with Crippen LogP contribution in [0, 0.1) is 0 Å². The summed E-state index contributed by atoms with van der Waals surface area (Å²) < 4.78 is 17.3. The fraction of sp³-hybridized carbons (Fsp3) is 0.259. The van der Waals surface area contributed by atoms with E-state index in [4.69, 9.17) is 19.2 Å². The van der Waals surface area contributed by atoms with Crippen LogP contribution in [0.1, 0.15) is 27.1 Å². The highest BCUT2D eigenvalue weighted by Crippen LogP contribution is 2.36. The number of rotatable bonds is 8. The molecular weight excluding hydrogens is 488 g/mol. The molecule has 4 N–H and O–H groups in total. The van der Waals surface area contributed by atoms with Crippen molar-refractivity contribution < 1.29 is 23.8 Å². The second kappa shape index (κ2) is 10.8. The van der Waals surface area contributed by atoms with Gasteiger partial charge in [0.25, 0.3) is 11.8 Å². The van der Waals surface area contributed by atoms with Crippen LogP contribution in [0.2, 0.25) is 0 Å². The number of anilines is 2. The zero-order chi connectivity index (χ0) is 26.6. The van der Waals surface area contributed by atoms with Crippen molar-refractivity contribution in [3.63, 3.8) is 0 Å². The molecule has 0 radical (unpaired) electrons. The van der Waals surface area contributed by atoms with E-state index in [1.54, 1.807) is 44.4 Å². The zero-order valence-corrected chi connectivity index (χ0v) is 21.3. The second-order valence-corrected chi connectivity index (χ2v) is 8.66. The lowest BCUT2D eigenvalue weighted by Gasteiger charge is -2.15. The van der Waals surface area contributed by atoms with Gasteiger partial charge in [-0.3, -0.25) is 9.59 Å². The zero-order valence-electron chi connectivity index (χ0n) is 21.3. The van der Waals surface area contributed by atoms with Crippen LogP contribution in [0.25, 0.3) is 22.2 Å². The van der Waals surface area contributed by atoms with Gasteiger partial charge in [0.2, 0.25) is 11.8 Å². The first-order chi connectivity index (χ1) is 18.5. The normalized spacial score (nSPS) is 14.8. The molecule has 4 aromatic rings. The van der Waals surface area contributed by atoms with Crippen molar-refractivity contribution >= 4 is 34.5 Å². The van der Waals surface area contributed by atoms with E-state index in [9.17, 15) is 9.59 Å². The van der Waals surface area contributed by atoms with Crippen LogP contribution in [0.15, 0.2) is 48.7 Å². The molecule has 0 spiro atoms. The molecule has 0 bridgehead atoms. The molecule has 2 aromatic carbocycles. The molecule has 38 heavy (non-hydrogen) atoms. The number of H-pyrrole nitrogens is 1. The summed E-state index contributed by atoms with van der Waals surface area (Å²) in [6.45, 7) is 1.10. The third-order valence-electron chi connectivity index (χ3n) is 6.29. The van der Waals surface area contributed by atoms with Gasteiger partial charge < -0.3 is 35.1 Å². The molecular formula is C27H28N6O5. The average molecular weight is 517 g/mol. The molecule has 1 aliphatic rings. The summed E-state index contributed by atoms with van der Waals surface area (Å²) in [5.74, 6) is 0.786. The Morgan fingerprint density at radius 2 is 1.76 bits per heavy atom. The van der Waals surface area contributed by atoms with E-state index in [0.717, 1.165) is 22.9 Å². The first kappa shape index (κ1) is 25.0. The summed E-state index contributed by atoms with van der Waals surface area (Å²) in [7, 11) is 4.70. The van der Waals surface area contributed by atoms with Gasteiger partial charge in [-0.25, -0.2) is 0 Å². The number of benzene rings is 2. The van der Waals surface area contributed by atoms with Crippen LogP contribution < -0.4 is 25.4 Å². The highest BCUT2D eigenvalue weighted by Gasteiger charge is 2.23. The Morgan fingerprint density at radius 1 is 1.03 bits per heavy atom. The molecule has 1 saturated heterocycles. The Bertz CT molecular complexity index is 1480. The fourth-order valence-electron chi connectivity index (χ4n) is 4.28. The van der Waals surface area contributed by atoms with Gasteiger partial charge in [0.05, 0.1) is 31.4 Å². The quantitative estimate of drug-likeness (QED) is 0.280. The molecule has 1 aliphatic heterocycles. The number of fused-ring (bicyclic) bond motifs is 1. The fourth-order valence-corrected chi connectivity index (χ4v) is 4.28. The standard InChI is InChI=1S/C27H28N6O5/c1-28-24(34)16-6-4-15(5-7-16)19-13-30-23-22(19)26(38-18-10-11-37-14-18)33-27(32-23)31-20-9-8-17(25(35)29-2)12-21(20)36-3/h4-9,12-13,18H,10-11,14H2,1-3H3,(H,28,34)(H,29,35)(H2,30,31,32,33)/t18-/m0/s1. The van der Waals surface area contributed by atoms with E-state index in [1.165, 1.54) is 7.11 Å². The van der Waals surface area contributed by atoms with Crippen LogP contribution >= 0.6 is 0 Å². The van der Waals surface area contributed by atoms with Crippen LogP contribution in [0.4, 0.5) is 11.6 Å². The molecule has 1 fully saturated rings. The van der Waals surface area contributed by atoms with E-state index in [0.29, 0.717) is 53.3 Å². The Balaban J connectivity index is 1.54. The molecule has 196 valence electrons. The van der Waals surface area contributed by atoms with Crippen molar-refractivity contribution in [2.45, 2.75) is 12.5 Å². The number of amides is 2. The number of nitrogens with zero attached hydrogens (tertiary/aromatic N) is 2. The monoisotopic (exact) mass is 516 g/mol. The van der Waals surface area contributed by atoms with Gasteiger partial charge in [-0.15, -0.1) is 0 Å². The van der Waals surface area contributed by atoms with Crippen molar-refractivity contribution in [3.05, 3.63) is 59.8 Å². The smallest absolute Gasteiger partial charge is 0.251 e. The largest absolute Gasteiger partial charge is 0.495 e. The number of nitrogens with one attached hydrogen (secondary N) is 4. The highest BCUT2D eigenvalue weighted by molar-refractivity contribution is 5.99. The molecule has 3 heterocycles. The number of aromatic amines is 1. The molecule has 11 heteroatoms. The minimum atomic E-state index is -0.218. The van der Waals surface area contributed by atoms with Gasteiger partial charge in [-0.05, 0) is 35.9 Å². The van der Waals surface area contributed by atoms with Crippen molar-refractivity contribution in [1.82, 2.24) is 25.6 Å². The summed E-state index contributed by atoms with van der Waals surface area (Å²) in [5, 5.41) is 9.13. The second-order valence-electron chi connectivity index (χ2n) is 8.66. The topological polar surface area (TPSA) is 139 Å². The summed E-state index contributed by atoms with van der Waals surface area (Å²) in [6.07, 6.45) is 2.46. The minimum absolute atomic E-state index is 0.138. The lowest BCUT2D eigenvalue weighted by molar-refractivity contribution is 0.0955. The van der Waals surface area contributed by atoms with E-state index in [-0.39, 0.29) is 17.9 Å². The minimum Gasteiger partial charge on any atom is -0.495 e. The van der Waals surface area contributed by atoms with Crippen molar-refractivity contribution in [2.24, 2.45) is 0 Å². The maximum atomic E-state index is 12.0. The van der Waals surface area contributed by atoms with E-state index in [1.807, 2.05) is 18.3 Å². The molecule has 0 aliphatic carbocycles. The number of aromatic nitrogens is 3. The van der Waals surface area contributed by atoms with Crippen molar-refractivity contribution in [1.29, 1.82) is 0 Å². The van der Waals surface area contributed by atoms with E-state index in [2.05, 4.69) is 25.9 Å². The van der Waals surface area contributed by atoms with Gasteiger partial charge in [-0.1, -0.05) is 12.1 Å². The van der Waals surface area contributed by atoms with Gasteiger partial charge in [-0.2, -0.15) is 9.97 Å². The Hall–Kier alpha value is -4.64. The Morgan fingerprint density at radius 3 is 2.45 bits per heavy atom. The van der Waals surface area contributed by atoms with Crippen molar-refractivity contribution in [2.75, 3.05) is 39.7 Å². The molecule has 1 atom stereocenters. The van der Waals surface area contributed by atoms with Gasteiger partial charge in [0.1, 0.15) is 17.5 Å². The number of methoxy groups -OCH3 is 1. The average Bonchev–Trinajstić information content (AvgIpc) is 3.62. The number of carbonyl (C=O) groups excluding carboxylic acids is 2.